The molecule has 70 valence electrons. The van der Waals surface area contributed by atoms with Gasteiger partial charge < -0.3 is 10.8 Å². The third kappa shape index (κ3) is 1.78. The van der Waals surface area contributed by atoms with E-state index in [1.807, 2.05) is 0 Å². The summed E-state index contributed by atoms with van der Waals surface area (Å²) in [5.41, 5.74) is 6.38. The molecule has 0 aliphatic heterocycles. The van der Waals surface area contributed by atoms with Crippen molar-refractivity contribution in [1.82, 2.24) is 9.97 Å². The molecule has 13 heavy (non-hydrogen) atoms. The SMILES string of the molecule is Nc1cnc([C@@H]2CC[C@@H](O)C2)cn1. The molecule has 1 aromatic heterocycles. The summed E-state index contributed by atoms with van der Waals surface area (Å²) < 4.78 is 0. The Bertz CT molecular complexity index is 285. The van der Waals surface area contributed by atoms with Gasteiger partial charge in [-0.3, -0.25) is 4.98 Å². The van der Waals surface area contributed by atoms with Crippen molar-refractivity contribution in [1.29, 1.82) is 0 Å². The van der Waals surface area contributed by atoms with Gasteiger partial charge in [-0.05, 0) is 19.3 Å². The van der Waals surface area contributed by atoms with E-state index in [0.29, 0.717) is 11.7 Å². The highest BCUT2D eigenvalue weighted by molar-refractivity contribution is 5.24. The van der Waals surface area contributed by atoms with Crippen molar-refractivity contribution in [3.8, 4) is 0 Å². The smallest absolute Gasteiger partial charge is 0.141 e. The van der Waals surface area contributed by atoms with Gasteiger partial charge in [0.1, 0.15) is 5.82 Å². The fourth-order valence-corrected chi connectivity index (χ4v) is 1.79. The topological polar surface area (TPSA) is 72.0 Å². The van der Waals surface area contributed by atoms with Gasteiger partial charge in [0.25, 0.3) is 0 Å². The minimum absolute atomic E-state index is 0.163. The van der Waals surface area contributed by atoms with Crippen LogP contribution in [0.2, 0.25) is 0 Å². The molecular weight excluding hydrogens is 166 g/mol. The minimum Gasteiger partial charge on any atom is -0.393 e. The second-order valence-corrected chi connectivity index (χ2v) is 3.53. The number of hydrogen-bond donors (Lipinski definition) is 2. The van der Waals surface area contributed by atoms with Gasteiger partial charge in [-0.25, -0.2) is 4.98 Å². The quantitative estimate of drug-likeness (QED) is 0.665. The molecule has 0 spiro atoms. The fraction of sp³-hybridized carbons (Fsp3) is 0.556. The molecule has 1 aliphatic carbocycles. The predicted molar refractivity (Wildman–Crippen MR) is 49.0 cm³/mol. The Balaban J connectivity index is 2.13. The van der Waals surface area contributed by atoms with Crippen LogP contribution in [0.4, 0.5) is 5.82 Å². The Labute approximate surface area is 76.8 Å². The van der Waals surface area contributed by atoms with Gasteiger partial charge in [0.2, 0.25) is 0 Å². The summed E-state index contributed by atoms with van der Waals surface area (Å²) in [6.45, 7) is 0. The number of aromatic nitrogens is 2. The first kappa shape index (κ1) is 8.44. The van der Waals surface area contributed by atoms with Gasteiger partial charge in [0.05, 0.1) is 24.2 Å². The Kier molecular flexibility index (Phi) is 2.14. The largest absolute Gasteiger partial charge is 0.393 e. The molecule has 0 amide bonds. The summed E-state index contributed by atoms with van der Waals surface area (Å²) >= 11 is 0. The number of nitrogens with two attached hydrogens (primary N) is 1. The average Bonchev–Trinajstić information content (AvgIpc) is 2.53. The van der Waals surface area contributed by atoms with Gasteiger partial charge in [-0.2, -0.15) is 0 Å². The van der Waals surface area contributed by atoms with E-state index >= 15 is 0 Å². The summed E-state index contributed by atoms with van der Waals surface area (Å²) in [6, 6.07) is 0. The Hall–Kier alpha value is -1.16. The molecule has 4 nitrogen and oxygen atoms in total. The van der Waals surface area contributed by atoms with Gasteiger partial charge in [-0.15, -0.1) is 0 Å². The lowest BCUT2D eigenvalue weighted by atomic mass is 10.0. The first-order valence-electron chi connectivity index (χ1n) is 4.51. The van der Waals surface area contributed by atoms with Gasteiger partial charge in [0.15, 0.2) is 0 Å². The number of nitrogen functional groups attached to an aromatic ring is 1. The molecule has 1 fully saturated rings. The van der Waals surface area contributed by atoms with E-state index in [1.54, 1.807) is 12.4 Å². The van der Waals surface area contributed by atoms with Crippen molar-refractivity contribution in [2.45, 2.75) is 31.3 Å². The van der Waals surface area contributed by atoms with E-state index < -0.39 is 0 Å². The van der Waals surface area contributed by atoms with E-state index in [-0.39, 0.29) is 6.10 Å². The number of aliphatic hydroxyl groups is 1. The zero-order chi connectivity index (χ0) is 9.26. The molecule has 1 aliphatic rings. The molecule has 0 aromatic carbocycles. The first-order chi connectivity index (χ1) is 6.25. The molecule has 1 aromatic rings. The van der Waals surface area contributed by atoms with Crippen LogP contribution < -0.4 is 5.73 Å². The highest BCUT2D eigenvalue weighted by Gasteiger charge is 2.25. The summed E-state index contributed by atoms with van der Waals surface area (Å²) in [4.78, 5) is 8.18. The molecule has 0 bridgehead atoms. The second-order valence-electron chi connectivity index (χ2n) is 3.53. The van der Waals surface area contributed by atoms with Crippen LogP contribution in [0, 0.1) is 0 Å². The van der Waals surface area contributed by atoms with Crippen LogP contribution in [0.5, 0.6) is 0 Å². The van der Waals surface area contributed by atoms with Crippen molar-refractivity contribution >= 4 is 5.82 Å². The highest BCUT2D eigenvalue weighted by atomic mass is 16.3. The predicted octanol–water partition coefficient (Wildman–Crippen LogP) is 0.687. The van der Waals surface area contributed by atoms with Gasteiger partial charge >= 0.3 is 0 Å². The third-order valence-corrected chi connectivity index (χ3v) is 2.52. The standard InChI is InChI=1S/C9H13N3O/c10-9-5-11-8(4-12-9)6-1-2-7(13)3-6/h4-7,13H,1-3H2,(H2,10,12)/t6-,7-/m1/s1. The Morgan fingerprint density at radius 1 is 1.31 bits per heavy atom. The average molecular weight is 179 g/mol. The summed E-state index contributed by atoms with van der Waals surface area (Å²) in [6.07, 6.45) is 5.79. The third-order valence-electron chi connectivity index (χ3n) is 2.52. The van der Waals surface area contributed by atoms with Crippen LogP contribution in [0.1, 0.15) is 30.9 Å². The lowest BCUT2D eigenvalue weighted by molar-refractivity contribution is 0.181. The normalized spacial score (nSPS) is 27.8. The molecule has 3 N–H and O–H groups in total. The number of aliphatic hydroxyl groups excluding tert-OH is 1. The number of nitrogens with zero attached hydrogens (tertiary/aromatic N) is 2. The molecular formula is C9H13N3O. The molecule has 0 saturated heterocycles. The maximum absolute atomic E-state index is 9.34. The fourth-order valence-electron chi connectivity index (χ4n) is 1.79. The Morgan fingerprint density at radius 3 is 2.69 bits per heavy atom. The maximum Gasteiger partial charge on any atom is 0.141 e. The van der Waals surface area contributed by atoms with Crippen LogP contribution in [0.15, 0.2) is 12.4 Å². The van der Waals surface area contributed by atoms with E-state index in [1.165, 1.54) is 0 Å². The molecule has 4 heteroatoms. The van der Waals surface area contributed by atoms with Crippen LogP contribution in [0.25, 0.3) is 0 Å². The number of hydrogen-bond acceptors (Lipinski definition) is 4. The molecule has 2 atom stereocenters. The van der Waals surface area contributed by atoms with E-state index in [9.17, 15) is 5.11 Å². The lowest BCUT2D eigenvalue weighted by Gasteiger charge is -2.07. The van der Waals surface area contributed by atoms with Gasteiger partial charge in [-0.1, -0.05) is 0 Å². The summed E-state index contributed by atoms with van der Waals surface area (Å²) in [5, 5.41) is 9.34. The zero-order valence-corrected chi connectivity index (χ0v) is 7.35. The van der Waals surface area contributed by atoms with Crippen LogP contribution in [-0.2, 0) is 0 Å². The van der Waals surface area contributed by atoms with Gasteiger partial charge in [0, 0.05) is 5.92 Å². The second kappa shape index (κ2) is 3.30. The van der Waals surface area contributed by atoms with Crippen molar-refractivity contribution in [3.05, 3.63) is 18.1 Å². The van der Waals surface area contributed by atoms with E-state index in [4.69, 9.17) is 5.73 Å². The van der Waals surface area contributed by atoms with Crippen LogP contribution in [0.3, 0.4) is 0 Å². The van der Waals surface area contributed by atoms with Crippen molar-refractivity contribution in [2.75, 3.05) is 5.73 Å². The lowest BCUT2D eigenvalue weighted by Crippen LogP contribution is -2.02. The van der Waals surface area contributed by atoms with Crippen molar-refractivity contribution < 1.29 is 5.11 Å². The van der Waals surface area contributed by atoms with Crippen molar-refractivity contribution in [2.24, 2.45) is 0 Å². The summed E-state index contributed by atoms with van der Waals surface area (Å²) in [7, 11) is 0. The zero-order valence-electron chi connectivity index (χ0n) is 7.35. The van der Waals surface area contributed by atoms with E-state index in [2.05, 4.69) is 9.97 Å². The highest BCUT2D eigenvalue weighted by Crippen LogP contribution is 2.32. The maximum atomic E-state index is 9.34. The molecule has 1 heterocycles. The first-order valence-corrected chi connectivity index (χ1v) is 4.51. The monoisotopic (exact) mass is 179 g/mol. The Morgan fingerprint density at radius 2 is 2.15 bits per heavy atom. The molecule has 0 unspecified atom stereocenters. The van der Waals surface area contributed by atoms with Crippen LogP contribution >= 0.6 is 0 Å². The molecule has 1 saturated carbocycles. The molecule has 0 radical (unpaired) electrons. The van der Waals surface area contributed by atoms with Crippen molar-refractivity contribution in [3.63, 3.8) is 0 Å². The number of rotatable bonds is 1. The number of anilines is 1. The van der Waals surface area contributed by atoms with E-state index in [0.717, 1.165) is 25.0 Å². The molecule has 2 rings (SSSR count). The summed E-state index contributed by atoms with van der Waals surface area (Å²) in [5.74, 6) is 0.811. The minimum atomic E-state index is -0.163. The van der Waals surface area contributed by atoms with Crippen LogP contribution in [-0.4, -0.2) is 21.2 Å².